The van der Waals surface area contributed by atoms with Gasteiger partial charge in [0, 0.05) is 11.9 Å². The molecule has 6 nitrogen and oxygen atoms in total. The zero-order valence-electron chi connectivity index (χ0n) is 16.4. The Morgan fingerprint density at radius 3 is 2.50 bits per heavy atom. The van der Waals surface area contributed by atoms with E-state index in [4.69, 9.17) is 14.2 Å². The maximum Gasteiger partial charge on any atom is 0.415 e. The number of rotatable bonds is 6. The van der Waals surface area contributed by atoms with Crippen LogP contribution >= 0.6 is 11.3 Å². The highest BCUT2D eigenvalue weighted by molar-refractivity contribution is 7.17. The van der Waals surface area contributed by atoms with Gasteiger partial charge in [0.1, 0.15) is 17.4 Å². The molecule has 150 valence electrons. The molecule has 28 heavy (non-hydrogen) atoms. The molecule has 0 unspecified atom stereocenters. The van der Waals surface area contributed by atoms with Crippen molar-refractivity contribution in [3.63, 3.8) is 0 Å². The lowest BCUT2D eigenvalue weighted by atomic mass is 9.95. The first-order chi connectivity index (χ1) is 13.5. The molecule has 0 aliphatic heterocycles. The van der Waals surface area contributed by atoms with Crippen molar-refractivity contribution in [3.8, 4) is 5.75 Å². The van der Waals surface area contributed by atoms with Crippen LogP contribution in [0.25, 0.3) is 0 Å². The van der Waals surface area contributed by atoms with Gasteiger partial charge in [-0.25, -0.2) is 9.59 Å². The monoisotopic (exact) mass is 403 g/mol. The minimum atomic E-state index is -0.500. The first-order valence-electron chi connectivity index (χ1n) is 9.40. The summed E-state index contributed by atoms with van der Waals surface area (Å²) < 4.78 is 15.8. The molecule has 0 saturated carbocycles. The Bertz CT molecular complexity index is 843. The van der Waals surface area contributed by atoms with Crippen LogP contribution < -0.4 is 9.64 Å². The molecule has 1 aromatic carbocycles. The van der Waals surface area contributed by atoms with Crippen LogP contribution in [0.4, 0.5) is 9.80 Å². The lowest BCUT2D eigenvalue weighted by Gasteiger charge is -2.17. The van der Waals surface area contributed by atoms with Gasteiger partial charge in [-0.05, 0) is 55.9 Å². The highest BCUT2D eigenvalue weighted by Gasteiger charge is 2.30. The first kappa shape index (κ1) is 20.2. The summed E-state index contributed by atoms with van der Waals surface area (Å²) in [6.07, 6.45) is 3.41. The van der Waals surface area contributed by atoms with Crippen LogP contribution in [0, 0.1) is 0 Å². The smallest absolute Gasteiger partial charge is 0.415 e. The number of amides is 1. The number of nitrogens with zero attached hydrogens (tertiary/aromatic N) is 1. The van der Waals surface area contributed by atoms with Gasteiger partial charge in [-0.1, -0.05) is 12.1 Å². The fourth-order valence-corrected chi connectivity index (χ4v) is 4.58. The van der Waals surface area contributed by atoms with Crippen LogP contribution in [0.1, 0.15) is 46.1 Å². The van der Waals surface area contributed by atoms with Crippen molar-refractivity contribution >= 4 is 28.4 Å². The van der Waals surface area contributed by atoms with Crippen molar-refractivity contribution in [3.05, 3.63) is 45.8 Å². The lowest BCUT2D eigenvalue weighted by molar-refractivity contribution is 0.0526. The van der Waals surface area contributed by atoms with Gasteiger partial charge in [0.15, 0.2) is 0 Å². The molecule has 0 spiro atoms. The van der Waals surface area contributed by atoms with Gasteiger partial charge in [0.05, 0.1) is 19.3 Å². The molecule has 2 aromatic rings. The number of esters is 1. The van der Waals surface area contributed by atoms with Crippen molar-refractivity contribution in [2.24, 2.45) is 0 Å². The number of carbonyl (C=O) groups excluding carboxylic acids is 2. The molecular formula is C21H25NO5S. The van der Waals surface area contributed by atoms with Gasteiger partial charge in [-0.15, -0.1) is 11.3 Å². The fraction of sp³-hybridized carbons (Fsp3) is 0.429. The van der Waals surface area contributed by atoms with Crippen LogP contribution in [-0.4, -0.2) is 32.8 Å². The summed E-state index contributed by atoms with van der Waals surface area (Å²) in [7, 11) is 3.24. The van der Waals surface area contributed by atoms with Crippen LogP contribution in [0.2, 0.25) is 0 Å². The molecule has 3 rings (SSSR count). The quantitative estimate of drug-likeness (QED) is 0.660. The Morgan fingerprint density at radius 1 is 1.11 bits per heavy atom. The third-order valence-corrected chi connectivity index (χ3v) is 6.10. The van der Waals surface area contributed by atoms with E-state index in [2.05, 4.69) is 0 Å². The van der Waals surface area contributed by atoms with Crippen molar-refractivity contribution in [2.75, 3.05) is 25.7 Å². The summed E-state index contributed by atoms with van der Waals surface area (Å²) in [5.74, 6) is 0.377. The summed E-state index contributed by atoms with van der Waals surface area (Å²) in [5, 5.41) is 0.602. The van der Waals surface area contributed by atoms with E-state index in [1.807, 2.05) is 24.3 Å². The van der Waals surface area contributed by atoms with Gasteiger partial charge >= 0.3 is 12.1 Å². The first-order valence-corrected chi connectivity index (χ1v) is 10.2. The van der Waals surface area contributed by atoms with E-state index in [1.54, 1.807) is 21.1 Å². The molecule has 7 heteroatoms. The van der Waals surface area contributed by atoms with Crippen LogP contribution in [0.5, 0.6) is 5.75 Å². The number of ether oxygens (including phenoxy) is 3. The second-order valence-corrected chi connectivity index (χ2v) is 7.66. The molecule has 0 saturated heterocycles. The standard InChI is InChI=1S/C21H25NO5S/c1-4-26-20(23)18-16-7-5-6-8-17(16)28-19(18)22(2)21(24)27-13-14-9-11-15(25-3)12-10-14/h9-12H,4-8,13H2,1-3H3. The molecule has 1 aromatic heterocycles. The summed E-state index contributed by atoms with van der Waals surface area (Å²) in [6.45, 7) is 2.23. The highest BCUT2D eigenvalue weighted by atomic mass is 32.1. The Kier molecular flexibility index (Phi) is 6.57. The second-order valence-electron chi connectivity index (χ2n) is 6.57. The molecule has 0 N–H and O–H groups in total. The van der Waals surface area contributed by atoms with Crippen LogP contribution in [-0.2, 0) is 28.9 Å². The Balaban J connectivity index is 1.76. The van der Waals surface area contributed by atoms with E-state index in [1.165, 1.54) is 21.1 Å². The Labute approximate surface area is 169 Å². The topological polar surface area (TPSA) is 65.1 Å². The van der Waals surface area contributed by atoms with Crippen molar-refractivity contribution in [1.29, 1.82) is 0 Å². The van der Waals surface area contributed by atoms with E-state index < -0.39 is 6.09 Å². The van der Waals surface area contributed by atoms with E-state index in [0.717, 1.165) is 42.6 Å². The number of hydrogen-bond acceptors (Lipinski definition) is 6. The number of hydrogen-bond donors (Lipinski definition) is 0. The minimum absolute atomic E-state index is 0.146. The maximum atomic E-state index is 12.6. The Hall–Kier alpha value is -2.54. The predicted octanol–water partition coefficient (Wildman–Crippen LogP) is 4.59. The number of fused-ring (bicyclic) bond motifs is 1. The lowest BCUT2D eigenvalue weighted by Crippen LogP contribution is -2.28. The Morgan fingerprint density at radius 2 is 1.82 bits per heavy atom. The summed E-state index contributed by atoms with van der Waals surface area (Å²) in [4.78, 5) is 27.8. The average molecular weight is 404 g/mol. The summed E-state index contributed by atoms with van der Waals surface area (Å²) in [5.41, 5.74) is 2.41. The van der Waals surface area contributed by atoms with Crippen molar-refractivity contribution in [2.45, 2.75) is 39.2 Å². The zero-order valence-corrected chi connectivity index (χ0v) is 17.3. The second kappa shape index (κ2) is 9.10. The minimum Gasteiger partial charge on any atom is -0.497 e. The number of benzene rings is 1. The molecular weight excluding hydrogens is 378 g/mol. The predicted molar refractivity (Wildman–Crippen MR) is 108 cm³/mol. The number of thiophene rings is 1. The van der Waals surface area contributed by atoms with Crippen molar-refractivity contribution < 1.29 is 23.8 Å². The molecule has 0 bridgehead atoms. The third-order valence-electron chi connectivity index (χ3n) is 4.73. The number of methoxy groups -OCH3 is 1. The van der Waals surface area contributed by atoms with E-state index >= 15 is 0 Å². The largest absolute Gasteiger partial charge is 0.497 e. The normalized spacial score (nSPS) is 12.8. The van der Waals surface area contributed by atoms with E-state index in [9.17, 15) is 9.59 Å². The SMILES string of the molecule is CCOC(=O)c1c(N(C)C(=O)OCc2ccc(OC)cc2)sc2c1CCCC2. The van der Waals surface area contributed by atoms with E-state index in [0.29, 0.717) is 17.2 Å². The highest BCUT2D eigenvalue weighted by Crippen LogP contribution is 2.40. The van der Waals surface area contributed by atoms with Gasteiger partial charge in [0.2, 0.25) is 0 Å². The molecule has 0 atom stereocenters. The molecule has 1 aliphatic carbocycles. The fourth-order valence-electron chi connectivity index (χ4n) is 3.25. The van der Waals surface area contributed by atoms with Gasteiger partial charge in [-0.3, -0.25) is 4.90 Å². The molecule has 0 fully saturated rings. The van der Waals surface area contributed by atoms with Crippen molar-refractivity contribution in [1.82, 2.24) is 0 Å². The number of anilines is 1. The summed E-state index contributed by atoms with van der Waals surface area (Å²) >= 11 is 1.49. The van der Waals surface area contributed by atoms with Gasteiger partial charge in [-0.2, -0.15) is 0 Å². The third kappa shape index (κ3) is 4.30. The molecule has 1 aliphatic rings. The summed E-state index contributed by atoms with van der Waals surface area (Å²) in [6, 6.07) is 7.33. The van der Waals surface area contributed by atoms with Crippen LogP contribution in [0.3, 0.4) is 0 Å². The molecule has 1 heterocycles. The molecule has 0 radical (unpaired) electrons. The van der Waals surface area contributed by atoms with Gasteiger partial charge in [0.25, 0.3) is 0 Å². The van der Waals surface area contributed by atoms with E-state index in [-0.39, 0.29) is 12.6 Å². The average Bonchev–Trinajstić information content (AvgIpc) is 3.11. The molecule has 1 amide bonds. The van der Waals surface area contributed by atoms with Gasteiger partial charge < -0.3 is 14.2 Å². The van der Waals surface area contributed by atoms with Crippen LogP contribution in [0.15, 0.2) is 24.3 Å². The number of carbonyl (C=O) groups is 2. The number of aryl methyl sites for hydroxylation is 1. The maximum absolute atomic E-state index is 12.6. The zero-order chi connectivity index (χ0) is 20.1.